The number of halogens is 1. The number of carbonyl (C=O) groups is 2. The van der Waals surface area contributed by atoms with Crippen molar-refractivity contribution in [2.75, 3.05) is 5.32 Å². The van der Waals surface area contributed by atoms with Crippen LogP contribution >= 0.6 is 0 Å². The van der Waals surface area contributed by atoms with Crippen molar-refractivity contribution < 1.29 is 19.1 Å². The summed E-state index contributed by atoms with van der Waals surface area (Å²) in [6, 6.07) is 2.96. The van der Waals surface area contributed by atoms with Gasteiger partial charge in [0.1, 0.15) is 5.82 Å². The Morgan fingerprint density at radius 3 is 2.62 bits per heavy atom. The minimum absolute atomic E-state index is 0.0308. The maximum absolute atomic E-state index is 13.7. The van der Waals surface area contributed by atoms with E-state index in [4.69, 9.17) is 5.11 Å². The van der Waals surface area contributed by atoms with Crippen LogP contribution in [-0.4, -0.2) is 23.1 Å². The smallest absolute Gasteiger partial charge is 0.335 e. The van der Waals surface area contributed by atoms with Gasteiger partial charge in [-0.1, -0.05) is 20.3 Å². The normalized spacial score (nSPS) is 20.0. The molecule has 1 fully saturated rings. The first-order chi connectivity index (χ1) is 9.79. The lowest BCUT2D eigenvalue weighted by Gasteiger charge is -2.27. The van der Waals surface area contributed by atoms with Gasteiger partial charge in [-0.3, -0.25) is 0 Å². The number of benzene rings is 1. The summed E-state index contributed by atoms with van der Waals surface area (Å²) in [4.78, 5) is 22.6. The van der Waals surface area contributed by atoms with Crippen LogP contribution in [0.3, 0.4) is 0 Å². The third-order valence-corrected chi connectivity index (χ3v) is 4.03. The Morgan fingerprint density at radius 2 is 2.10 bits per heavy atom. The van der Waals surface area contributed by atoms with E-state index in [0.717, 1.165) is 25.3 Å². The van der Waals surface area contributed by atoms with Crippen molar-refractivity contribution in [3.63, 3.8) is 0 Å². The summed E-state index contributed by atoms with van der Waals surface area (Å²) in [5.41, 5.74) is -0.160. The Balaban J connectivity index is 2.01. The Hall–Kier alpha value is -2.11. The van der Waals surface area contributed by atoms with Gasteiger partial charge >= 0.3 is 12.0 Å². The summed E-state index contributed by atoms with van der Waals surface area (Å²) in [6.45, 7) is 4.18. The van der Waals surface area contributed by atoms with E-state index in [0.29, 0.717) is 0 Å². The fourth-order valence-electron chi connectivity index (χ4n) is 2.66. The van der Waals surface area contributed by atoms with Crippen LogP contribution in [0.15, 0.2) is 18.2 Å². The van der Waals surface area contributed by atoms with E-state index in [2.05, 4.69) is 24.5 Å². The number of nitrogens with one attached hydrogen (secondary N) is 2. The van der Waals surface area contributed by atoms with E-state index in [1.807, 2.05) is 0 Å². The molecule has 1 aromatic carbocycles. The number of carbonyl (C=O) groups excluding carboxylic acids is 1. The van der Waals surface area contributed by atoms with Gasteiger partial charge in [0.25, 0.3) is 0 Å². The molecule has 2 rings (SSSR count). The monoisotopic (exact) mass is 294 g/mol. The van der Waals surface area contributed by atoms with Crippen molar-refractivity contribution in [3.05, 3.63) is 29.6 Å². The third-order valence-electron chi connectivity index (χ3n) is 4.03. The number of rotatable bonds is 3. The van der Waals surface area contributed by atoms with Crippen LogP contribution in [0.5, 0.6) is 0 Å². The molecule has 0 heterocycles. The predicted molar refractivity (Wildman–Crippen MR) is 76.9 cm³/mol. The molecule has 3 N–H and O–H groups in total. The fourth-order valence-corrected chi connectivity index (χ4v) is 2.66. The first-order valence-electron chi connectivity index (χ1n) is 6.90. The molecule has 1 aromatic rings. The standard InChI is InChI=1S/C15H19FN2O3/c1-15(2)7-3-4-12(15)18-14(21)17-11-6-5-9(13(19)20)8-10(11)16/h5-6,8,12H,3-4,7H2,1-2H3,(H,19,20)(H2,17,18,21). The molecule has 1 unspecified atom stereocenters. The molecular formula is C15H19FN2O3. The van der Waals surface area contributed by atoms with Gasteiger partial charge in [0.15, 0.2) is 0 Å². The second-order valence-corrected chi connectivity index (χ2v) is 6.03. The minimum Gasteiger partial charge on any atom is -0.478 e. The molecule has 6 heteroatoms. The highest BCUT2D eigenvalue weighted by Gasteiger charge is 2.35. The van der Waals surface area contributed by atoms with Crippen molar-refractivity contribution in [1.82, 2.24) is 5.32 Å². The Labute approximate surface area is 122 Å². The molecule has 0 aliphatic heterocycles. The van der Waals surface area contributed by atoms with Crippen molar-refractivity contribution >= 4 is 17.7 Å². The summed E-state index contributed by atoms with van der Waals surface area (Å²) in [6.07, 6.45) is 3.00. The average molecular weight is 294 g/mol. The van der Waals surface area contributed by atoms with Crippen molar-refractivity contribution in [3.8, 4) is 0 Å². The van der Waals surface area contributed by atoms with E-state index in [1.165, 1.54) is 12.1 Å². The molecule has 0 saturated heterocycles. The van der Waals surface area contributed by atoms with Gasteiger partial charge in [0.2, 0.25) is 0 Å². The number of urea groups is 1. The SMILES string of the molecule is CC1(C)CCCC1NC(=O)Nc1ccc(C(=O)O)cc1F. The predicted octanol–water partition coefficient (Wildman–Crippen LogP) is 3.22. The molecule has 1 saturated carbocycles. The third kappa shape index (κ3) is 3.51. The van der Waals surface area contributed by atoms with Crippen LogP contribution in [-0.2, 0) is 0 Å². The second-order valence-electron chi connectivity index (χ2n) is 6.03. The van der Waals surface area contributed by atoms with Gasteiger partial charge < -0.3 is 15.7 Å². The number of amides is 2. The van der Waals surface area contributed by atoms with Crippen LogP contribution < -0.4 is 10.6 Å². The number of carboxylic acid groups (broad SMARTS) is 1. The highest BCUT2D eigenvalue weighted by molar-refractivity contribution is 5.92. The summed E-state index contributed by atoms with van der Waals surface area (Å²) >= 11 is 0. The van der Waals surface area contributed by atoms with E-state index in [-0.39, 0.29) is 22.7 Å². The number of aromatic carboxylic acids is 1. The van der Waals surface area contributed by atoms with Crippen molar-refractivity contribution in [1.29, 1.82) is 0 Å². The van der Waals surface area contributed by atoms with Gasteiger partial charge in [0, 0.05) is 6.04 Å². The Morgan fingerprint density at radius 1 is 1.38 bits per heavy atom. The van der Waals surface area contributed by atoms with Gasteiger partial charge in [0.05, 0.1) is 11.3 Å². The molecular weight excluding hydrogens is 275 g/mol. The molecule has 0 aromatic heterocycles. The maximum atomic E-state index is 13.7. The maximum Gasteiger partial charge on any atom is 0.335 e. The van der Waals surface area contributed by atoms with Crippen molar-refractivity contribution in [2.45, 2.75) is 39.2 Å². The fraction of sp³-hybridized carbons (Fsp3) is 0.467. The zero-order valence-corrected chi connectivity index (χ0v) is 12.1. The molecule has 1 atom stereocenters. The van der Waals surface area contributed by atoms with E-state index >= 15 is 0 Å². The quantitative estimate of drug-likeness (QED) is 0.801. The summed E-state index contributed by atoms with van der Waals surface area (Å²) < 4.78 is 13.7. The van der Waals surface area contributed by atoms with E-state index in [1.54, 1.807) is 0 Å². The largest absolute Gasteiger partial charge is 0.478 e. The van der Waals surface area contributed by atoms with Crippen LogP contribution in [0, 0.1) is 11.2 Å². The summed E-state index contributed by atoms with van der Waals surface area (Å²) in [5, 5.41) is 14.0. The lowest BCUT2D eigenvalue weighted by Crippen LogP contribution is -2.43. The zero-order chi connectivity index (χ0) is 15.6. The highest BCUT2D eigenvalue weighted by Crippen LogP contribution is 2.37. The molecule has 0 spiro atoms. The zero-order valence-electron chi connectivity index (χ0n) is 12.1. The number of anilines is 1. The van der Waals surface area contributed by atoms with Crippen molar-refractivity contribution in [2.24, 2.45) is 5.41 Å². The van der Waals surface area contributed by atoms with Gasteiger partial charge in [-0.25, -0.2) is 14.0 Å². The molecule has 1 aliphatic carbocycles. The molecule has 114 valence electrons. The lowest BCUT2D eigenvalue weighted by atomic mass is 9.87. The highest BCUT2D eigenvalue weighted by atomic mass is 19.1. The molecule has 21 heavy (non-hydrogen) atoms. The van der Waals surface area contributed by atoms with Gasteiger partial charge in [-0.2, -0.15) is 0 Å². The second kappa shape index (κ2) is 5.71. The number of carboxylic acids is 1. The number of hydrogen-bond donors (Lipinski definition) is 3. The first kappa shape index (κ1) is 15.3. The van der Waals surface area contributed by atoms with Gasteiger partial charge in [-0.15, -0.1) is 0 Å². The molecule has 0 radical (unpaired) electrons. The Kier molecular flexibility index (Phi) is 4.16. The van der Waals surface area contributed by atoms with E-state index in [9.17, 15) is 14.0 Å². The Bertz CT molecular complexity index is 572. The average Bonchev–Trinajstić information content (AvgIpc) is 2.71. The topological polar surface area (TPSA) is 78.4 Å². The van der Waals surface area contributed by atoms with Crippen LogP contribution in [0.25, 0.3) is 0 Å². The van der Waals surface area contributed by atoms with Crippen LogP contribution in [0.4, 0.5) is 14.9 Å². The van der Waals surface area contributed by atoms with E-state index < -0.39 is 17.8 Å². The van der Waals surface area contributed by atoms with Gasteiger partial charge in [-0.05, 0) is 36.5 Å². The number of hydrogen-bond acceptors (Lipinski definition) is 2. The first-order valence-corrected chi connectivity index (χ1v) is 6.90. The molecule has 5 nitrogen and oxygen atoms in total. The summed E-state index contributed by atoms with van der Waals surface area (Å²) in [5.74, 6) is -1.98. The lowest BCUT2D eigenvalue weighted by molar-refractivity contribution is 0.0696. The van der Waals surface area contributed by atoms with Crippen LogP contribution in [0.1, 0.15) is 43.5 Å². The van der Waals surface area contributed by atoms with Crippen LogP contribution in [0.2, 0.25) is 0 Å². The summed E-state index contributed by atoms with van der Waals surface area (Å²) in [7, 11) is 0. The molecule has 1 aliphatic rings. The molecule has 0 bridgehead atoms. The minimum atomic E-state index is -1.21. The molecule has 2 amide bonds.